The highest BCUT2D eigenvalue weighted by molar-refractivity contribution is 6.05. The highest BCUT2D eigenvalue weighted by Crippen LogP contribution is 2.38. The van der Waals surface area contributed by atoms with Crippen LogP contribution in [0.1, 0.15) is 60.5 Å². The van der Waals surface area contributed by atoms with Crippen molar-refractivity contribution in [3.63, 3.8) is 0 Å². The van der Waals surface area contributed by atoms with Gasteiger partial charge in [0.15, 0.2) is 0 Å². The van der Waals surface area contributed by atoms with Crippen molar-refractivity contribution in [3.8, 4) is 5.75 Å². The fourth-order valence-corrected chi connectivity index (χ4v) is 5.01. The summed E-state index contributed by atoms with van der Waals surface area (Å²) in [5.41, 5.74) is 5.97. The van der Waals surface area contributed by atoms with E-state index >= 15 is 0 Å². The first kappa shape index (κ1) is 28.4. The molecule has 10 nitrogen and oxygen atoms in total. The lowest BCUT2D eigenvalue weighted by molar-refractivity contribution is -0.150. The van der Waals surface area contributed by atoms with Crippen LogP contribution in [0.5, 0.6) is 5.75 Å². The molecule has 2 aromatic rings. The summed E-state index contributed by atoms with van der Waals surface area (Å²) in [6.07, 6.45) is 2.22. The van der Waals surface area contributed by atoms with E-state index in [0.717, 1.165) is 17.4 Å². The number of carbonyl (C=O) groups excluding carboxylic acids is 4. The standard InChI is InChI=1S/C28H33N3O7/c1-27(21-8-10-22(33)11-9-21,20-6-4-19(18-32)5-7-20)12-2-3-23(34)31-15-13-28(14-16-31,25(29)37)26(38)30-17-24(35)36/h4-11,18,33H,2-3,12-17H2,1H3,(H2,29,37)(H,30,38)(H,35,36). The summed E-state index contributed by atoms with van der Waals surface area (Å²) in [5, 5.41) is 20.8. The van der Waals surface area contributed by atoms with E-state index in [0.29, 0.717) is 18.4 Å². The third-order valence-electron chi connectivity index (χ3n) is 7.53. The Hall–Kier alpha value is -4.21. The minimum Gasteiger partial charge on any atom is -0.508 e. The zero-order chi connectivity index (χ0) is 27.9. The van der Waals surface area contributed by atoms with E-state index in [2.05, 4.69) is 12.2 Å². The molecule has 3 rings (SSSR count). The molecule has 1 heterocycles. The SMILES string of the molecule is CC(CCCC(=O)N1CCC(C(N)=O)(C(=O)NCC(=O)O)CC1)(c1ccc(O)cc1)c1ccc(C=O)cc1. The second-order valence-corrected chi connectivity index (χ2v) is 9.88. The minimum atomic E-state index is -1.54. The number of benzene rings is 2. The maximum atomic E-state index is 13.0. The quantitative estimate of drug-likeness (QED) is 0.258. The molecule has 0 spiro atoms. The molecule has 0 aliphatic carbocycles. The Morgan fingerprint density at radius 2 is 1.58 bits per heavy atom. The highest BCUT2D eigenvalue weighted by atomic mass is 16.4. The number of hydrogen-bond donors (Lipinski definition) is 4. The number of phenolic OH excluding ortho intramolecular Hbond substituents is 1. The van der Waals surface area contributed by atoms with Crippen LogP contribution in [-0.4, -0.2) is 64.7 Å². The largest absolute Gasteiger partial charge is 0.508 e. The Bertz CT molecular complexity index is 1190. The van der Waals surface area contributed by atoms with E-state index < -0.39 is 35.2 Å². The molecule has 5 N–H and O–H groups in total. The number of carbonyl (C=O) groups is 5. The summed E-state index contributed by atoms with van der Waals surface area (Å²) >= 11 is 0. The van der Waals surface area contributed by atoms with Gasteiger partial charge in [0.25, 0.3) is 0 Å². The van der Waals surface area contributed by atoms with Gasteiger partial charge in [0, 0.05) is 30.5 Å². The molecule has 1 unspecified atom stereocenters. The second kappa shape index (κ2) is 11.9. The number of amides is 3. The van der Waals surface area contributed by atoms with Crippen LogP contribution in [0.3, 0.4) is 0 Å². The van der Waals surface area contributed by atoms with Crippen LogP contribution < -0.4 is 11.1 Å². The number of carboxylic acid groups (broad SMARTS) is 1. The van der Waals surface area contributed by atoms with Crippen LogP contribution >= 0.6 is 0 Å². The smallest absolute Gasteiger partial charge is 0.322 e. The molecule has 0 saturated carbocycles. The Kier molecular flexibility index (Phi) is 8.88. The van der Waals surface area contributed by atoms with Gasteiger partial charge in [-0.25, -0.2) is 0 Å². The fourth-order valence-electron chi connectivity index (χ4n) is 5.01. The van der Waals surface area contributed by atoms with Crippen molar-refractivity contribution in [1.29, 1.82) is 0 Å². The van der Waals surface area contributed by atoms with Crippen LogP contribution in [0.4, 0.5) is 0 Å². The van der Waals surface area contributed by atoms with E-state index in [4.69, 9.17) is 10.8 Å². The lowest BCUT2D eigenvalue weighted by atomic mass is 9.72. The zero-order valence-electron chi connectivity index (χ0n) is 21.3. The van der Waals surface area contributed by atoms with Gasteiger partial charge in [0.05, 0.1) is 0 Å². The molecule has 2 aromatic carbocycles. The third-order valence-corrected chi connectivity index (χ3v) is 7.53. The maximum Gasteiger partial charge on any atom is 0.322 e. The van der Waals surface area contributed by atoms with E-state index in [-0.39, 0.29) is 44.0 Å². The van der Waals surface area contributed by atoms with Crippen LogP contribution in [0.15, 0.2) is 48.5 Å². The van der Waals surface area contributed by atoms with Gasteiger partial charge in [-0.3, -0.25) is 24.0 Å². The number of aldehydes is 1. The Morgan fingerprint density at radius 3 is 2.08 bits per heavy atom. The first-order valence-electron chi connectivity index (χ1n) is 12.4. The topological polar surface area (TPSA) is 167 Å². The molecule has 1 aliphatic rings. The number of piperidine rings is 1. The second-order valence-electron chi connectivity index (χ2n) is 9.88. The normalized spacial score (nSPS) is 16.2. The summed E-state index contributed by atoms with van der Waals surface area (Å²) in [6.45, 7) is 1.75. The third kappa shape index (κ3) is 6.19. The van der Waals surface area contributed by atoms with Gasteiger partial charge in [0.1, 0.15) is 24.0 Å². The van der Waals surface area contributed by atoms with E-state index in [1.165, 1.54) is 0 Å². The van der Waals surface area contributed by atoms with Crippen molar-refractivity contribution >= 4 is 30.0 Å². The van der Waals surface area contributed by atoms with Crippen LogP contribution in [0.2, 0.25) is 0 Å². The van der Waals surface area contributed by atoms with Crippen molar-refractivity contribution in [2.75, 3.05) is 19.6 Å². The number of aliphatic carboxylic acids is 1. The Morgan fingerprint density at radius 1 is 1.03 bits per heavy atom. The zero-order valence-corrected chi connectivity index (χ0v) is 21.3. The Balaban J connectivity index is 1.66. The molecule has 10 heteroatoms. The monoisotopic (exact) mass is 523 g/mol. The van der Waals surface area contributed by atoms with Crippen molar-refractivity contribution < 1.29 is 34.2 Å². The van der Waals surface area contributed by atoms with Crippen LogP contribution in [-0.2, 0) is 24.6 Å². The summed E-state index contributed by atoms with van der Waals surface area (Å²) in [7, 11) is 0. The molecular formula is C28H33N3O7. The molecule has 1 aliphatic heterocycles. The average Bonchev–Trinajstić information content (AvgIpc) is 2.91. The summed E-state index contributed by atoms with van der Waals surface area (Å²) in [4.78, 5) is 61.2. The number of nitrogens with zero attached hydrogens (tertiary/aromatic N) is 1. The van der Waals surface area contributed by atoms with E-state index in [1.54, 1.807) is 29.2 Å². The number of aromatic hydroxyl groups is 1. The van der Waals surface area contributed by atoms with Gasteiger partial charge in [-0.1, -0.05) is 43.3 Å². The summed E-state index contributed by atoms with van der Waals surface area (Å²) < 4.78 is 0. The molecule has 202 valence electrons. The van der Waals surface area contributed by atoms with Gasteiger partial charge in [-0.05, 0) is 48.9 Å². The van der Waals surface area contributed by atoms with E-state index in [9.17, 15) is 29.1 Å². The maximum absolute atomic E-state index is 13.0. The van der Waals surface area contributed by atoms with Gasteiger partial charge in [0.2, 0.25) is 17.7 Å². The lowest BCUT2D eigenvalue weighted by Crippen LogP contribution is -2.56. The number of primary amides is 1. The molecule has 1 saturated heterocycles. The first-order chi connectivity index (χ1) is 18.0. The number of likely N-dealkylation sites (tertiary alicyclic amines) is 1. The predicted molar refractivity (Wildman–Crippen MR) is 138 cm³/mol. The van der Waals surface area contributed by atoms with Gasteiger partial charge >= 0.3 is 5.97 Å². The summed E-state index contributed by atoms with van der Waals surface area (Å²) in [5.74, 6) is -2.76. The molecule has 3 amide bonds. The molecule has 0 bridgehead atoms. The van der Waals surface area contributed by atoms with Gasteiger partial charge in [-0.2, -0.15) is 0 Å². The van der Waals surface area contributed by atoms with Crippen LogP contribution in [0, 0.1) is 5.41 Å². The van der Waals surface area contributed by atoms with E-state index in [1.807, 2.05) is 24.3 Å². The van der Waals surface area contributed by atoms with Crippen LogP contribution in [0.25, 0.3) is 0 Å². The highest BCUT2D eigenvalue weighted by Gasteiger charge is 2.47. The molecular weight excluding hydrogens is 490 g/mol. The molecule has 1 fully saturated rings. The molecule has 0 radical (unpaired) electrons. The van der Waals surface area contributed by atoms with Crippen molar-refractivity contribution in [2.45, 2.75) is 44.4 Å². The predicted octanol–water partition coefficient (Wildman–Crippen LogP) is 1.98. The minimum absolute atomic E-state index is 0.0217. The lowest BCUT2D eigenvalue weighted by Gasteiger charge is -2.38. The molecule has 1 atom stereocenters. The van der Waals surface area contributed by atoms with Gasteiger partial charge in [-0.15, -0.1) is 0 Å². The fraction of sp³-hybridized carbons (Fsp3) is 0.393. The summed E-state index contributed by atoms with van der Waals surface area (Å²) in [6, 6.07) is 14.2. The van der Waals surface area contributed by atoms with Crippen molar-refractivity contribution in [3.05, 3.63) is 65.2 Å². The Labute approximate surface area is 220 Å². The number of nitrogens with two attached hydrogens (primary N) is 1. The number of rotatable bonds is 11. The number of nitrogens with one attached hydrogen (secondary N) is 1. The van der Waals surface area contributed by atoms with Crippen molar-refractivity contribution in [1.82, 2.24) is 10.2 Å². The molecule has 0 aromatic heterocycles. The van der Waals surface area contributed by atoms with Crippen molar-refractivity contribution in [2.24, 2.45) is 11.1 Å². The average molecular weight is 524 g/mol. The van der Waals surface area contributed by atoms with Gasteiger partial charge < -0.3 is 26.2 Å². The first-order valence-corrected chi connectivity index (χ1v) is 12.4. The number of hydrogen-bond acceptors (Lipinski definition) is 6. The number of carboxylic acids is 1. The molecule has 38 heavy (non-hydrogen) atoms. The number of phenols is 1.